The minimum atomic E-state index is -0.360. The van der Waals surface area contributed by atoms with Crippen LogP contribution in [0.2, 0.25) is 5.02 Å². The molecule has 8 nitrogen and oxygen atoms in total. The first kappa shape index (κ1) is 16.7. The number of imidazole rings is 1. The van der Waals surface area contributed by atoms with Crippen molar-refractivity contribution in [3.8, 4) is 5.75 Å². The molecule has 4 rings (SSSR count). The van der Waals surface area contributed by atoms with Crippen molar-refractivity contribution in [1.29, 1.82) is 0 Å². The fourth-order valence-electron chi connectivity index (χ4n) is 3.42. The van der Waals surface area contributed by atoms with Crippen LogP contribution >= 0.6 is 11.6 Å². The second-order valence-electron chi connectivity index (χ2n) is 6.10. The standard InChI is InChI=1S/C17H18ClN5O3/c1-4-21-15(24)13-14(20(2)17(21)25)19-16-22(7-8-23(13)16)10-5-6-12(26-3)11(18)9-10/h5-6,9H,4,7-8H2,1-3H3. The highest BCUT2D eigenvalue weighted by molar-refractivity contribution is 6.32. The second kappa shape index (κ2) is 5.91. The molecular weight excluding hydrogens is 358 g/mol. The average molecular weight is 376 g/mol. The highest BCUT2D eigenvalue weighted by atomic mass is 35.5. The minimum absolute atomic E-state index is 0.307. The number of aromatic nitrogens is 4. The van der Waals surface area contributed by atoms with Crippen molar-refractivity contribution >= 4 is 34.4 Å². The van der Waals surface area contributed by atoms with E-state index in [1.54, 1.807) is 33.2 Å². The van der Waals surface area contributed by atoms with Gasteiger partial charge in [-0.1, -0.05) is 11.6 Å². The summed E-state index contributed by atoms with van der Waals surface area (Å²) in [5.74, 6) is 1.22. The quantitative estimate of drug-likeness (QED) is 0.697. The highest BCUT2D eigenvalue weighted by Crippen LogP contribution is 2.35. The Morgan fingerprint density at radius 2 is 2.04 bits per heavy atom. The third-order valence-corrected chi connectivity index (χ3v) is 5.06. The van der Waals surface area contributed by atoms with Crippen molar-refractivity contribution in [3.05, 3.63) is 44.1 Å². The zero-order chi connectivity index (χ0) is 18.6. The van der Waals surface area contributed by atoms with Crippen LogP contribution in [0, 0.1) is 0 Å². The highest BCUT2D eigenvalue weighted by Gasteiger charge is 2.28. The van der Waals surface area contributed by atoms with Gasteiger partial charge in [0.2, 0.25) is 5.95 Å². The van der Waals surface area contributed by atoms with Crippen LogP contribution < -0.4 is 20.9 Å². The molecule has 0 saturated carbocycles. The summed E-state index contributed by atoms with van der Waals surface area (Å²) in [6.07, 6.45) is 0. The van der Waals surface area contributed by atoms with Crippen LogP contribution in [0.3, 0.4) is 0 Å². The SMILES string of the molecule is CCn1c(=O)c2c(nc3n2CCN3c2ccc(OC)c(Cl)c2)n(C)c1=O. The first-order chi connectivity index (χ1) is 12.5. The maximum absolute atomic E-state index is 12.8. The molecule has 1 aliphatic heterocycles. The van der Waals surface area contributed by atoms with E-state index in [4.69, 9.17) is 16.3 Å². The van der Waals surface area contributed by atoms with Crippen LogP contribution in [0.5, 0.6) is 5.75 Å². The van der Waals surface area contributed by atoms with E-state index in [0.29, 0.717) is 47.5 Å². The molecule has 0 unspecified atom stereocenters. The van der Waals surface area contributed by atoms with Crippen LogP contribution in [-0.2, 0) is 20.1 Å². The topological polar surface area (TPSA) is 74.3 Å². The van der Waals surface area contributed by atoms with Gasteiger partial charge >= 0.3 is 5.69 Å². The zero-order valence-corrected chi connectivity index (χ0v) is 15.4. The summed E-state index contributed by atoms with van der Waals surface area (Å²) < 4.78 is 9.71. The Balaban J connectivity index is 1.93. The lowest BCUT2D eigenvalue weighted by Crippen LogP contribution is -2.39. The molecule has 3 heterocycles. The van der Waals surface area contributed by atoms with Gasteiger partial charge in [-0.3, -0.25) is 13.9 Å². The molecule has 0 saturated heterocycles. The predicted molar refractivity (Wildman–Crippen MR) is 99.9 cm³/mol. The fourth-order valence-corrected chi connectivity index (χ4v) is 3.68. The summed E-state index contributed by atoms with van der Waals surface area (Å²) in [6.45, 7) is 3.36. The Hall–Kier alpha value is -2.74. The zero-order valence-electron chi connectivity index (χ0n) is 14.7. The van der Waals surface area contributed by atoms with Crippen LogP contribution in [0.25, 0.3) is 11.2 Å². The molecule has 0 atom stereocenters. The monoisotopic (exact) mass is 375 g/mol. The number of methoxy groups -OCH3 is 1. The summed E-state index contributed by atoms with van der Waals surface area (Å²) in [4.78, 5) is 31.7. The number of ether oxygens (including phenoxy) is 1. The van der Waals surface area contributed by atoms with Crippen LogP contribution in [-0.4, -0.2) is 32.3 Å². The number of hydrogen-bond acceptors (Lipinski definition) is 5. The van der Waals surface area contributed by atoms with Gasteiger partial charge in [0.05, 0.1) is 12.1 Å². The molecule has 0 spiro atoms. The number of benzene rings is 1. The van der Waals surface area contributed by atoms with Gasteiger partial charge in [-0.05, 0) is 25.1 Å². The van der Waals surface area contributed by atoms with Crippen molar-refractivity contribution < 1.29 is 4.74 Å². The third kappa shape index (κ3) is 2.18. The van der Waals surface area contributed by atoms with Crippen molar-refractivity contribution in [3.63, 3.8) is 0 Å². The van der Waals surface area contributed by atoms with Crippen molar-refractivity contribution in [2.75, 3.05) is 18.6 Å². The van der Waals surface area contributed by atoms with Gasteiger partial charge in [-0.2, -0.15) is 4.98 Å². The lowest BCUT2D eigenvalue weighted by atomic mass is 10.3. The summed E-state index contributed by atoms with van der Waals surface area (Å²) in [7, 11) is 3.20. The average Bonchev–Trinajstić information content (AvgIpc) is 3.19. The molecule has 0 aliphatic carbocycles. The van der Waals surface area contributed by atoms with Gasteiger partial charge in [0.15, 0.2) is 11.2 Å². The lowest BCUT2D eigenvalue weighted by Gasteiger charge is -2.17. The number of rotatable bonds is 3. The Morgan fingerprint density at radius 1 is 1.27 bits per heavy atom. The molecule has 0 fully saturated rings. The lowest BCUT2D eigenvalue weighted by molar-refractivity contribution is 0.415. The number of anilines is 2. The van der Waals surface area contributed by atoms with E-state index in [0.717, 1.165) is 5.69 Å². The maximum Gasteiger partial charge on any atom is 0.332 e. The van der Waals surface area contributed by atoms with E-state index < -0.39 is 0 Å². The van der Waals surface area contributed by atoms with E-state index in [1.165, 1.54) is 9.13 Å². The predicted octanol–water partition coefficient (Wildman–Crippen LogP) is 1.73. The number of aryl methyl sites for hydroxylation is 1. The summed E-state index contributed by atoms with van der Waals surface area (Å²) in [5.41, 5.74) is 1.03. The molecule has 2 aromatic heterocycles. The Kier molecular flexibility index (Phi) is 3.80. The Morgan fingerprint density at radius 3 is 2.69 bits per heavy atom. The molecule has 26 heavy (non-hydrogen) atoms. The largest absolute Gasteiger partial charge is 0.495 e. The number of nitrogens with zero attached hydrogens (tertiary/aromatic N) is 5. The molecule has 0 radical (unpaired) electrons. The first-order valence-corrected chi connectivity index (χ1v) is 8.66. The van der Waals surface area contributed by atoms with E-state index >= 15 is 0 Å². The van der Waals surface area contributed by atoms with Crippen LogP contribution in [0.4, 0.5) is 11.6 Å². The second-order valence-corrected chi connectivity index (χ2v) is 6.50. The van der Waals surface area contributed by atoms with Crippen molar-refractivity contribution in [2.45, 2.75) is 20.0 Å². The number of halogens is 1. The van der Waals surface area contributed by atoms with Gasteiger partial charge < -0.3 is 14.2 Å². The molecular formula is C17H18ClN5O3. The Bertz CT molecular complexity index is 1140. The van der Waals surface area contributed by atoms with E-state index in [1.807, 2.05) is 15.5 Å². The van der Waals surface area contributed by atoms with Gasteiger partial charge in [-0.15, -0.1) is 0 Å². The first-order valence-electron chi connectivity index (χ1n) is 8.29. The van der Waals surface area contributed by atoms with Crippen molar-refractivity contribution in [1.82, 2.24) is 18.7 Å². The van der Waals surface area contributed by atoms with E-state index in [2.05, 4.69) is 4.98 Å². The molecule has 1 aromatic carbocycles. The molecule has 0 bridgehead atoms. The van der Waals surface area contributed by atoms with Gasteiger partial charge in [-0.25, -0.2) is 4.79 Å². The normalized spacial score (nSPS) is 13.5. The van der Waals surface area contributed by atoms with Crippen LogP contribution in [0.15, 0.2) is 27.8 Å². The molecule has 0 N–H and O–H groups in total. The molecule has 3 aromatic rings. The van der Waals surface area contributed by atoms with E-state index in [9.17, 15) is 9.59 Å². The van der Waals surface area contributed by atoms with Gasteiger partial charge in [0.25, 0.3) is 5.56 Å². The van der Waals surface area contributed by atoms with Crippen molar-refractivity contribution in [2.24, 2.45) is 7.05 Å². The molecule has 9 heteroatoms. The van der Waals surface area contributed by atoms with E-state index in [-0.39, 0.29) is 11.2 Å². The molecule has 0 amide bonds. The minimum Gasteiger partial charge on any atom is -0.495 e. The summed E-state index contributed by atoms with van der Waals surface area (Å²) >= 11 is 6.25. The maximum atomic E-state index is 12.8. The molecule has 136 valence electrons. The number of hydrogen-bond donors (Lipinski definition) is 0. The molecule has 1 aliphatic rings. The fraction of sp³-hybridized carbons (Fsp3) is 0.353. The Labute approximate surface area is 153 Å². The van der Waals surface area contributed by atoms with Gasteiger partial charge in [0, 0.05) is 32.4 Å². The third-order valence-electron chi connectivity index (χ3n) is 4.76. The summed E-state index contributed by atoms with van der Waals surface area (Å²) in [6, 6.07) is 5.49. The van der Waals surface area contributed by atoms with Gasteiger partial charge in [0.1, 0.15) is 5.75 Å². The summed E-state index contributed by atoms with van der Waals surface area (Å²) in [5, 5.41) is 0.500. The number of fused-ring (bicyclic) bond motifs is 3. The van der Waals surface area contributed by atoms with Crippen LogP contribution in [0.1, 0.15) is 6.92 Å². The smallest absolute Gasteiger partial charge is 0.332 e.